The monoisotopic (exact) mass is 398 g/mol. The fraction of sp³-hybridized carbons (Fsp3) is 0.391. The van der Waals surface area contributed by atoms with Gasteiger partial charge in [-0.15, -0.1) is 0 Å². The average molecular weight is 399 g/mol. The molecule has 1 atom stereocenters. The van der Waals surface area contributed by atoms with Crippen molar-refractivity contribution < 1.29 is 9.59 Å². The minimum atomic E-state index is -0.407. The largest absolute Gasteiger partial charge is 0.353 e. The lowest BCUT2D eigenvalue weighted by Gasteiger charge is -2.22. The average Bonchev–Trinajstić information content (AvgIpc) is 2.97. The second-order valence-electron chi connectivity index (χ2n) is 7.38. The van der Waals surface area contributed by atoms with E-state index < -0.39 is 6.04 Å². The Morgan fingerprint density at radius 1 is 0.929 bits per heavy atom. The van der Waals surface area contributed by atoms with Crippen molar-refractivity contribution in [2.75, 3.05) is 0 Å². The van der Waals surface area contributed by atoms with Gasteiger partial charge in [0.05, 0.1) is 23.0 Å². The molecule has 2 aromatic carbocycles. The Morgan fingerprint density at radius 2 is 1.57 bits per heavy atom. The molecule has 2 N–H and O–H groups in total. The van der Waals surface area contributed by atoms with Crippen LogP contribution in [0.3, 0.4) is 0 Å². The number of halogens is 1. The summed E-state index contributed by atoms with van der Waals surface area (Å²) in [4.78, 5) is 25.4. The van der Waals surface area contributed by atoms with Gasteiger partial charge in [0.2, 0.25) is 5.91 Å². The van der Waals surface area contributed by atoms with E-state index in [4.69, 9.17) is 11.6 Å². The molecule has 4 nitrogen and oxygen atoms in total. The van der Waals surface area contributed by atoms with Crippen LogP contribution < -0.4 is 10.6 Å². The topological polar surface area (TPSA) is 58.2 Å². The van der Waals surface area contributed by atoms with Crippen LogP contribution in [-0.2, 0) is 4.79 Å². The first-order valence-electron chi connectivity index (χ1n) is 10.0. The molecule has 3 rings (SSSR count). The lowest BCUT2D eigenvalue weighted by molar-refractivity contribution is -0.122. The van der Waals surface area contributed by atoms with Gasteiger partial charge in [0.15, 0.2) is 0 Å². The summed E-state index contributed by atoms with van der Waals surface area (Å²) in [5.74, 6) is -0.304. The van der Waals surface area contributed by atoms with E-state index in [9.17, 15) is 9.59 Å². The highest BCUT2D eigenvalue weighted by Gasteiger charge is 2.22. The Morgan fingerprint density at radius 3 is 2.25 bits per heavy atom. The van der Waals surface area contributed by atoms with Crippen LogP contribution in [0.5, 0.6) is 0 Å². The summed E-state index contributed by atoms with van der Waals surface area (Å²) in [6.45, 7) is 0. The van der Waals surface area contributed by atoms with Crippen LogP contribution in [0, 0.1) is 0 Å². The van der Waals surface area contributed by atoms with Crippen LogP contribution in [0.15, 0.2) is 54.6 Å². The van der Waals surface area contributed by atoms with E-state index in [0.29, 0.717) is 10.6 Å². The molecule has 0 bridgehead atoms. The van der Waals surface area contributed by atoms with Crippen LogP contribution in [-0.4, -0.2) is 17.9 Å². The second-order valence-corrected chi connectivity index (χ2v) is 7.78. The molecule has 1 aliphatic carbocycles. The van der Waals surface area contributed by atoms with Gasteiger partial charge in [-0.25, -0.2) is 0 Å². The number of carbonyl (C=O) groups excluding carboxylic acids is 2. The third-order valence-electron chi connectivity index (χ3n) is 5.24. The van der Waals surface area contributed by atoms with Crippen molar-refractivity contribution in [1.82, 2.24) is 10.6 Å². The van der Waals surface area contributed by atoms with Gasteiger partial charge < -0.3 is 10.6 Å². The third kappa shape index (κ3) is 5.83. The van der Waals surface area contributed by atoms with Gasteiger partial charge in [-0.3, -0.25) is 9.59 Å². The summed E-state index contributed by atoms with van der Waals surface area (Å²) in [5, 5.41) is 6.55. The van der Waals surface area contributed by atoms with Gasteiger partial charge in [0.1, 0.15) is 0 Å². The molecule has 28 heavy (non-hydrogen) atoms. The Hall–Kier alpha value is -2.33. The van der Waals surface area contributed by atoms with Crippen LogP contribution in [0.25, 0.3) is 0 Å². The molecule has 0 aromatic heterocycles. The minimum absolute atomic E-state index is 0.0276. The normalized spacial score (nSPS) is 16.0. The second kappa shape index (κ2) is 10.3. The molecule has 5 heteroatoms. The maximum absolute atomic E-state index is 12.7. The van der Waals surface area contributed by atoms with Crippen LogP contribution >= 0.6 is 11.6 Å². The number of rotatable bonds is 6. The molecule has 0 spiro atoms. The molecule has 148 valence electrons. The number of hydrogen-bond donors (Lipinski definition) is 2. The smallest absolute Gasteiger partial charge is 0.253 e. The Labute approximate surface area is 171 Å². The highest BCUT2D eigenvalue weighted by atomic mass is 35.5. The molecule has 2 amide bonds. The molecule has 0 radical (unpaired) electrons. The number of hydrogen-bond acceptors (Lipinski definition) is 2. The quantitative estimate of drug-likeness (QED) is 0.669. The molecule has 1 unspecified atom stereocenters. The maximum Gasteiger partial charge on any atom is 0.253 e. The summed E-state index contributed by atoms with van der Waals surface area (Å²) in [6.07, 6.45) is 7.09. The molecule has 1 aliphatic rings. The van der Waals surface area contributed by atoms with Crippen molar-refractivity contribution in [3.05, 3.63) is 70.7 Å². The van der Waals surface area contributed by atoms with Crippen molar-refractivity contribution in [2.24, 2.45) is 0 Å². The van der Waals surface area contributed by atoms with E-state index in [1.807, 2.05) is 30.3 Å². The summed E-state index contributed by atoms with van der Waals surface area (Å²) in [7, 11) is 0. The molecular formula is C23H27ClN2O2. The predicted molar refractivity (Wildman–Crippen MR) is 112 cm³/mol. The van der Waals surface area contributed by atoms with Crippen molar-refractivity contribution in [3.8, 4) is 0 Å². The number of carbonyl (C=O) groups is 2. The SMILES string of the molecule is O=C(CC(NC(=O)c1ccccc1Cl)c1ccccc1)NC1CCCCCC1. The van der Waals surface area contributed by atoms with E-state index in [1.165, 1.54) is 12.8 Å². The first-order valence-corrected chi connectivity index (χ1v) is 10.4. The lowest BCUT2D eigenvalue weighted by Crippen LogP contribution is -2.38. The predicted octanol–water partition coefficient (Wildman–Crippen LogP) is 5.04. The third-order valence-corrected chi connectivity index (χ3v) is 5.57. The van der Waals surface area contributed by atoms with Gasteiger partial charge in [-0.1, -0.05) is 79.7 Å². The number of nitrogens with one attached hydrogen (secondary N) is 2. The fourth-order valence-electron chi connectivity index (χ4n) is 3.71. The van der Waals surface area contributed by atoms with Crippen molar-refractivity contribution in [2.45, 2.75) is 57.0 Å². The first-order chi connectivity index (χ1) is 13.6. The van der Waals surface area contributed by atoms with E-state index in [1.54, 1.807) is 24.3 Å². The van der Waals surface area contributed by atoms with Crippen LogP contribution in [0.1, 0.15) is 66.9 Å². The Bertz CT molecular complexity index is 786. The zero-order chi connectivity index (χ0) is 19.8. The van der Waals surface area contributed by atoms with Gasteiger partial charge in [-0.2, -0.15) is 0 Å². The standard InChI is InChI=1S/C23H27ClN2O2/c24-20-15-9-8-14-19(20)23(28)26-21(17-10-4-3-5-11-17)16-22(27)25-18-12-6-1-2-7-13-18/h3-5,8-11,14-15,18,21H,1-2,6-7,12-13,16H2,(H,25,27)(H,26,28). The molecule has 0 heterocycles. The fourth-order valence-corrected chi connectivity index (χ4v) is 3.94. The number of benzene rings is 2. The molecule has 1 fully saturated rings. The molecule has 1 saturated carbocycles. The summed E-state index contributed by atoms with van der Waals surface area (Å²) >= 11 is 6.16. The number of amides is 2. The van der Waals surface area contributed by atoms with Crippen LogP contribution in [0.2, 0.25) is 5.02 Å². The van der Waals surface area contributed by atoms with Crippen molar-refractivity contribution in [3.63, 3.8) is 0 Å². The Balaban J connectivity index is 1.69. The van der Waals surface area contributed by atoms with E-state index in [0.717, 1.165) is 31.2 Å². The maximum atomic E-state index is 12.7. The molecule has 2 aromatic rings. The van der Waals surface area contributed by atoms with E-state index in [-0.39, 0.29) is 24.3 Å². The van der Waals surface area contributed by atoms with Gasteiger partial charge in [0, 0.05) is 6.04 Å². The van der Waals surface area contributed by atoms with E-state index >= 15 is 0 Å². The molecular weight excluding hydrogens is 372 g/mol. The first kappa shape index (κ1) is 20.4. The molecule has 0 aliphatic heterocycles. The minimum Gasteiger partial charge on any atom is -0.353 e. The van der Waals surface area contributed by atoms with Crippen molar-refractivity contribution >= 4 is 23.4 Å². The zero-order valence-corrected chi connectivity index (χ0v) is 16.8. The highest BCUT2D eigenvalue weighted by molar-refractivity contribution is 6.33. The van der Waals surface area contributed by atoms with Gasteiger partial charge in [-0.05, 0) is 30.5 Å². The summed E-state index contributed by atoms with van der Waals surface area (Å²) in [6, 6.07) is 16.4. The van der Waals surface area contributed by atoms with Gasteiger partial charge in [0.25, 0.3) is 5.91 Å². The van der Waals surface area contributed by atoms with Crippen LogP contribution in [0.4, 0.5) is 0 Å². The summed E-state index contributed by atoms with van der Waals surface area (Å²) in [5.41, 5.74) is 1.31. The van der Waals surface area contributed by atoms with Gasteiger partial charge >= 0.3 is 0 Å². The molecule has 0 saturated heterocycles. The lowest BCUT2D eigenvalue weighted by atomic mass is 10.0. The Kier molecular flexibility index (Phi) is 7.49. The van der Waals surface area contributed by atoms with E-state index in [2.05, 4.69) is 10.6 Å². The summed E-state index contributed by atoms with van der Waals surface area (Å²) < 4.78 is 0. The van der Waals surface area contributed by atoms with Crippen molar-refractivity contribution in [1.29, 1.82) is 0 Å². The zero-order valence-electron chi connectivity index (χ0n) is 16.0. The highest BCUT2D eigenvalue weighted by Crippen LogP contribution is 2.21.